The van der Waals surface area contributed by atoms with E-state index < -0.39 is 0 Å². The predicted molar refractivity (Wildman–Crippen MR) is 118 cm³/mol. The number of benzene rings is 2. The van der Waals surface area contributed by atoms with Crippen molar-refractivity contribution in [3.05, 3.63) is 88.0 Å². The van der Waals surface area contributed by atoms with Crippen molar-refractivity contribution in [1.82, 2.24) is 10.3 Å². The average molecular weight is 425 g/mol. The van der Waals surface area contributed by atoms with Crippen LogP contribution in [-0.4, -0.2) is 10.9 Å². The second-order valence-electron chi connectivity index (χ2n) is 6.38. The van der Waals surface area contributed by atoms with Crippen LogP contribution in [0, 0.1) is 6.92 Å². The number of carbonyl (C=O) groups is 1. The van der Waals surface area contributed by atoms with Crippen LogP contribution in [0.1, 0.15) is 20.8 Å². The fourth-order valence-corrected chi connectivity index (χ4v) is 4.81. The predicted octanol–water partition coefficient (Wildman–Crippen LogP) is 6.34. The number of aryl methyl sites for hydroxylation is 1. The number of hydrogen-bond acceptors (Lipinski definition) is 4. The Balaban J connectivity index is 1.52. The van der Waals surface area contributed by atoms with Crippen LogP contribution in [-0.2, 0) is 6.54 Å². The normalized spacial score (nSPS) is 10.9. The standard InChI is InChI=1S/C22H17ClN2OS2/c1-14-2-8-17(9-3-14)27-20-12-24-13-21-18(20)10-19(28-21)22(26)25-11-15-4-6-16(23)7-5-15/h2-10,12-13H,11H2,1H3,(H,25,26). The molecule has 0 atom stereocenters. The Kier molecular flexibility index (Phi) is 5.67. The molecule has 0 spiro atoms. The van der Waals surface area contributed by atoms with Gasteiger partial charge in [0.05, 0.1) is 9.58 Å². The Morgan fingerprint density at radius 2 is 1.86 bits per heavy atom. The highest BCUT2D eigenvalue weighted by atomic mass is 35.5. The number of nitrogens with zero attached hydrogens (tertiary/aromatic N) is 1. The van der Waals surface area contributed by atoms with E-state index in [2.05, 4.69) is 41.5 Å². The van der Waals surface area contributed by atoms with Gasteiger partial charge in [0.15, 0.2) is 0 Å². The smallest absolute Gasteiger partial charge is 0.261 e. The van der Waals surface area contributed by atoms with Gasteiger partial charge in [-0.15, -0.1) is 11.3 Å². The van der Waals surface area contributed by atoms with Crippen molar-refractivity contribution in [3.8, 4) is 0 Å². The van der Waals surface area contributed by atoms with E-state index in [1.165, 1.54) is 16.9 Å². The van der Waals surface area contributed by atoms with Gasteiger partial charge in [-0.3, -0.25) is 9.78 Å². The van der Waals surface area contributed by atoms with E-state index in [-0.39, 0.29) is 5.91 Å². The Bertz CT molecular complexity index is 1120. The molecule has 6 heteroatoms. The van der Waals surface area contributed by atoms with E-state index in [1.54, 1.807) is 11.8 Å². The van der Waals surface area contributed by atoms with E-state index in [1.807, 2.05) is 42.7 Å². The first-order valence-electron chi connectivity index (χ1n) is 8.73. The molecule has 0 bridgehead atoms. The molecule has 140 valence electrons. The molecule has 0 fully saturated rings. The molecule has 0 radical (unpaired) electrons. The number of hydrogen-bond donors (Lipinski definition) is 1. The van der Waals surface area contributed by atoms with Gasteiger partial charge in [0.1, 0.15) is 0 Å². The van der Waals surface area contributed by atoms with E-state index in [4.69, 9.17) is 11.6 Å². The summed E-state index contributed by atoms with van der Waals surface area (Å²) in [5, 5.41) is 4.72. The molecule has 4 rings (SSSR count). The van der Waals surface area contributed by atoms with Gasteiger partial charge < -0.3 is 5.32 Å². The molecule has 4 aromatic rings. The van der Waals surface area contributed by atoms with Crippen molar-refractivity contribution in [2.24, 2.45) is 0 Å². The molecule has 1 amide bonds. The minimum absolute atomic E-state index is 0.0811. The van der Waals surface area contributed by atoms with Crippen LogP contribution in [0.25, 0.3) is 10.1 Å². The van der Waals surface area contributed by atoms with Crippen LogP contribution in [0.5, 0.6) is 0 Å². The first-order chi connectivity index (χ1) is 13.6. The number of rotatable bonds is 5. The lowest BCUT2D eigenvalue weighted by atomic mass is 10.2. The Hall–Kier alpha value is -2.34. The Labute approximate surface area is 176 Å². The molecule has 0 aliphatic rings. The van der Waals surface area contributed by atoms with Crippen molar-refractivity contribution in [2.75, 3.05) is 0 Å². The van der Waals surface area contributed by atoms with Crippen LogP contribution in [0.15, 0.2) is 76.8 Å². The zero-order valence-corrected chi connectivity index (χ0v) is 17.5. The highest BCUT2D eigenvalue weighted by Crippen LogP contribution is 2.36. The quantitative estimate of drug-likeness (QED) is 0.406. The summed E-state index contributed by atoms with van der Waals surface area (Å²) in [5.41, 5.74) is 2.24. The lowest BCUT2D eigenvalue weighted by molar-refractivity contribution is 0.0955. The lowest BCUT2D eigenvalue weighted by Gasteiger charge is -2.04. The van der Waals surface area contributed by atoms with Gasteiger partial charge in [0.25, 0.3) is 5.91 Å². The fourth-order valence-electron chi connectivity index (χ4n) is 2.73. The lowest BCUT2D eigenvalue weighted by Crippen LogP contribution is -2.21. The summed E-state index contributed by atoms with van der Waals surface area (Å²) >= 11 is 9.03. The molecule has 0 saturated carbocycles. The van der Waals surface area contributed by atoms with Gasteiger partial charge >= 0.3 is 0 Å². The number of thiophene rings is 1. The van der Waals surface area contributed by atoms with E-state index in [0.717, 1.165) is 25.4 Å². The third-order valence-electron chi connectivity index (χ3n) is 4.25. The van der Waals surface area contributed by atoms with Crippen LogP contribution < -0.4 is 5.32 Å². The molecule has 0 unspecified atom stereocenters. The highest BCUT2D eigenvalue weighted by molar-refractivity contribution is 7.99. The maximum atomic E-state index is 12.6. The maximum Gasteiger partial charge on any atom is 0.261 e. The number of halogens is 1. The largest absolute Gasteiger partial charge is 0.347 e. The minimum Gasteiger partial charge on any atom is -0.347 e. The van der Waals surface area contributed by atoms with Gasteiger partial charge in [0, 0.05) is 39.1 Å². The van der Waals surface area contributed by atoms with Crippen molar-refractivity contribution >= 4 is 50.7 Å². The van der Waals surface area contributed by atoms with Gasteiger partial charge in [0.2, 0.25) is 0 Å². The van der Waals surface area contributed by atoms with Crippen LogP contribution in [0.3, 0.4) is 0 Å². The summed E-state index contributed by atoms with van der Waals surface area (Å²) in [6, 6.07) is 17.8. The zero-order valence-electron chi connectivity index (χ0n) is 15.1. The number of pyridine rings is 1. The first-order valence-corrected chi connectivity index (χ1v) is 10.7. The number of fused-ring (bicyclic) bond motifs is 1. The number of carbonyl (C=O) groups excluding carboxylic acids is 1. The SMILES string of the molecule is Cc1ccc(Sc2cncc3sc(C(=O)NCc4ccc(Cl)cc4)cc23)cc1. The molecule has 2 aromatic carbocycles. The first kappa shape index (κ1) is 19.0. The zero-order chi connectivity index (χ0) is 19.5. The summed E-state index contributed by atoms with van der Waals surface area (Å²) in [7, 11) is 0. The van der Waals surface area contributed by atoms with Crippen molar-refractivity contribution in [2.45, 2.75) is 23.3 Å². The van der Waals surface area contributed by atoms with Crippen molar-refractivity contribution in [3.63, 3.8) is 0 Å². The number of nitrogens with one attached hydrogen (secondary N) is 1. The molecule has 2 heterocycles. The molecule has 28 heavy (non-hydrogen) atoms. The van der Waals surface area contributed by atoms with Gasteiger partial charge in [-0.25, -0.2) is 0 Å². The van der Waals surface area contributed by atoms with Crippen LogP contribution >= 0.6 is 34.7 Å². The summed E-state index contributed by atoms with van der Waals surface area (Å²) in [5.74, 6) is -0.0811. The molecular formula is C22H17ClN2OS2. The monoisotopic (exact) mass is 424 g/mol. The topological polar surface area (TPSA) is 42.0 Å². The molecule has 2 aromatic heterocycles. The third kappa shape index (κ3) is 4.38. The Morgan fingerprint density at radius 1 is 1.11 bits per heavy atom. The molecule has 0 aliphatic heterocycles. The van der Waals surface area contributed by atoms with Gasteiger partial charge in [-0.1, -0.05) is 53.2 Å². The molecule has 0 saturated heterocycles. The average Bonchev–Trinajstić information content (AvgIpc) is 3.15. The Morgan fingerprint density at radius 3 is 2.61 bits per heavy atom. The van der Waals surface area contributed by atoms with Gasteiger partial charge in [-0.2, -0.15) is 0 Å². The fraction of sp³-hybridized carbons (Fsp3) is 0.0909. The summed E-state index contributed by atoms with van der Waals surface area (Å²) in [6.07, 6.45) is 3.67. The van der Waals surface area contributed by atoms with Crippen molar-refractivity contribution < 1.29 is 4.79 Å². The summed E-state index contributed by atoms with van der Waals surface area (Å²) < 4.78 is 1.01. The van der Waals surface area contributed by atoms with E-state index in [0.29, 0.717) is 16.4 Å². The van der Waals surface area contributed by atoms with Crippen LogP contribution in [0.2, 0.25) is 5.02 Å². The molecule has 1 N–H and O–H groups in total. The van der Waals surface area contributed by atoms with E-state index >= 15 is 0 Å². The number of aromatic nitrogens is 1. The van der Waals surface area contributed by atoms with Crippen LogP contribution in [0.4, 0.5) is 0 Å². The molecule has 3 nitrogen and oxygen atoms in total. The third-order valence-corrected chi connectivity index (χ3v) is 6.62. The van der Waals surface area contributed by atoms with E-state index in [9.17, 15) is 4.79 Å². The van der Waals surface area contributed by atoms with Gasteiger partial charge in [-0.05, 0) is 42.8 Å². The second-order valence-corrected chi connectivity index (χ2v) is 9.02. The summed E-state index contributed by atoms with van der Waals surface area (Å²) in [6.45, 7) is 2.54. The summed E-state index contributed by atoms with van der Waals surface area (Å²) in [4.78, 5) is 19.8. The molecule has 0 aliphatic carbocycles. The van der Waals surface area contributed by atoms with Crippen molar-refractivity contribution in [1.29, 1.82) is 0 Å². The maximum absolute atomic E-state index is 12.6. The highest BCUT2D eigenvalue weighted by Gasteiger charge is 2.13. The second kappa shape index (κ2) is 8.35. The number of amides is 1. The minimum atomic E-state index is -0.0811. The molecular weight excluding hydrogens is 408 g/mol.